The Labute approximate surface area is 108 Å². The van der Waals surface area contributed by atoms with Crippen LogP contribution in [0.3, 0.4) is 0 Å². The number of hydrogen-bond acceptors (Lipinski definition) is 4. The maximum Gasteiger partial charge on any atom is 0.248 e. The standard InChI is InChI=1S/C12H14FN3O3/c13-8-2-1-6(11(15)17)3-10(8)16-12(18)7-4-19-5-9(7)14/h1-3,7,9H,4-5,14H2,(H2,15,17)(H,16,18). The van der Waals surface area contributed by atoms with Crippen molar-refractivity contribution in [2.45, 2.75) is 6.04 Å². The lowest BCUT2D eigenvalue weighted by molar-refractivity contribution is -0.120. The zero-order valence-corrected chi connectivity index (χ0v) is 10.1. The molecule has 19 heavy (non-hydrogen) atoms. The number of halogens is 1. The second-order valence-electron chi connectivity index (χ2n) is 4.36. The van der Waals surface area contributed by atoms with Gasteiger partial charge in [0.15, 0.2) is 0 Å². The summed E-state index contributed by atoms with van der Waals surface area (Å²) >= 11 is 0. The fraction of sp³-hybridized carbons (Fsp3) is 0.333. The molecular formula is C12H14FN3O3. The first kappa shape index (κ1) is 13.4. The molecule has 1 saturated heterocycles. The maximum absolute atomic E-state index is 13.5. The second-order valence-corrected chi connectivity index (χ2v) is 4.36. The lowest BCUT2D eigenvalue weighted by Gasteiger charge is -2.14. The molecule has 7 heteroatoms. The first-order valence-corrected chi connectivity index (χ1v) is 5.72. The Morgan fingerprint density at radius 1 is 1.37 bits per heavy atom. The fourth-order valence-corrected chi connectivity index (χ4v) is 1.84. The quantitative estimate of drug-likeness (QED) is 0.707. The van der Waals surface area contributed by atoms with E-state index in [1.54, 1.807) is 0 Å². The van der Waals surface area contributed by atoms with E-state index in [9.17, 15) is 14.0 Å². The molecule has 1 aliphatic heterocycles. The summed E-state index contributed by atoms with van der Waals surface area (Å²) < 4.78 is 18.6. The Balaban J connectivity index is 2.16. The van der Waals surface area contributed by atoms with Crippen LogP contribution in [0.1, 0.15) is 10.4 Å². The molecule has 0 aromatic heterocycles. The average Bonchev–Trinajstić information content (AvgIpc) is 2.78. The van der Waals surface area contributed by atoms with E-state index in [4.69, 9.17) is 16.2 Å². The molecule has 1 heterocycles. The Morgan fingerprint density at radius 3 is 2.68 bits per heavy atom. The molecule has 1 aliphatic rings. The largest absolute Gasteiger partial charge is 0.379 e. The van der Waals surface area contributed by atoms with Gasteiger partial charge in [-0.3, -0.25) is 9.59 Å². The molecule has 1 fully saturated rings. The van der Waals surface area contributed by atoms with E-state index in [-0.39, 0.29) is 17.9 Å². The summed E-state index contributed by atoms with van der Waals surface area (Å²) in [5.41, 5.74) is 10.8. The van der Waals surface area contributed by atoms with E-state index in [1.807, 2.05) is 0 Å². The number of ether oxygens (including phenoxy) is 1. The number of carbonyl (C=O) groups is 2. The van der Waals surface area contributed by atoms with Crippen molar-refractivity contribution in [1.29, 1.82) is 0 Å². The average molecular weight is 267 g/mol. The number of anilines is 1. The maximum atomic E-state index is 13.5. The minimum Gasteiger partial charge on any atom is -0.379 e. The third-order valence-electron chi connectivity index (χ3n) is 2.97. The highest BCUT2D eigenvalue weighted by Crippen LogP contribution is 2.19. The molecule has 2 atom stereocenters. The van der Waals surface area contributed by atoms with Gasteiger partial charge in [0.05, 0.1) is 24.8 Å². The van der Waals surface area contributed by atoms with Crippen LogP contribution in [-0.4, -0.2) is 31.1 Å². The van der Waals surface area contributed by atoms with Crippen LogP contribution in [0.25, 0.3) is 0 Å². The Hall–Kier alpha value is -1.99. The summed E-state index contributed by atoms with van der Waals surface area (Å²) in [6.45, 7) is 0.492. The molecule has 0 spiro atoms. The van der Waals surface area contributed by atoms with Gasteiger partial charge < -0.3 is 21.5 Å². The number of rotatable bonds is 3. The number of nitrogens with two attached hydrogens (primary N) is 2. The molecule has 2 rings (SSSR count). The van der Waals surface area contributed by atoms with Gasteiger partial charge >= 0.3 is 0 Å². The van der Waals surface area contributed by atoms with Gasteiger partial charge in [-0.1, -0.05) is 0 Å². The highest BCUT2D eigenvalue weighted by atomic mass is 19.1. The van der Waals surface area contributed by atoms with Crippen LogP contribution in [0.2, 0.25) is 0 Å². The SMILES string of the molecule is NC(=O)c1ccc(F)c(NC(=O)C2COCC2N)c1. The summed E-state index contributed by atoms with van der Waals surface area (Å²) in [6, 6.07) is 3.09. The molecule has 102 valence electrons. The van der Waals surface area contributed by atoms with E-state index in [1.165, 1.54) is 12.1 Å². The number of carbonyl (C=O) groups excluding carboxylic acids is 2. The van der Waals surface area contributed by atoms with E-state index < -0.39 is 29.6 Å². The molecule has 1 aromatic carbocycles. The normalized spacial score (nSPS) is 22.2. The second kappa shape index (κ2) is 5.33. The van der Waals surface area contributed by atoms with E-state index in [0.29, 0.717) is 6.61 Å². The molecule has 2 unspecified atom stereocenters. The predicted octanol–water partition coefficient (Wildman–Crippen LogP) is -0.163. The van der Waals surface area contributed by atoms with Gasteiger partial charge in [-0.05, 0) is 18.2 Å². The van der Waals surface area contributed by atoms with Crippen molar-refractivity contribution in [2.24, 2.45) is 17.4 Å². The topological polar surface area (TPSA) is 107 Å². The third kappa shape index (κ3) is 2.88. The Morgan fingerprint density at radius 2 is 2.11 bits per heavy atom. The summed E-state index contributed by atoms with van der Waals surface area (Å²) in [7, 11) is 0. The summed E-state index contributed by atoms with van der Waals surface area (Å²) in [6.07, 6.45) is 0. The van der Waals surface area contributed by atoms with Crippen LogP contribution in [-0.2, 0) is 9.53 Å². The molecule has 2 amide bonds. The third-order valence-corrected chi connectivity index (χ3v) is 2.97. The van der Waals surface area contributed by atoms with Gasteiger partial charge in [0.1, 0.15) is 5.82 Å². The van der Waals surface area contributed by atoms with Crippen molar-refractivity contribution in [3.05, 3.63) is 29.6 Å². The van der Waals surface area contributed by atoms with Crippen molar-refractivity contribution < 1.29 is 18.7 Å². The molecule has 0 bridgehead atoms. The zero-order valence-electron chi connectivity index (χ0n) is 10.1. The monoisotopic (exact) mass is 267 g/mol. The van der Waals surface area contributed by atoms with Crippen molar-refractivity contribution in [2.75, 3.05) is 18.5 Å². The highest BCUT2D eigenvalue weighted by molar-refractivity contribution is 5.97. The molecule has 6 nitrogen and oxygen atoms in total. The van der Waals surface area contributed by atoms with Gasteiger partial charge in [-0.25, -0.2) is 4.39 Å². The van der Waals surface area contributed by atoms with Gasteiger partial charge in [0.2, 0.25) is 11.8 Å². The van der Waals surface area contributed by atoms with Gasteiger partial charge in [0, 0.05) is 11.6 Å². The summed E-state index contributed by atoms with van der Waals surface area (Å²) in [4.78, 5) is 22.9. The lowest BCUT2D eigenvalue weighted by atomic mass is 10.0. The minimum absolute atomic E-state index is 0.0969. The van der Waals surface area contributed by atoms with Crippen LogP contribution < -0.4 is 16.8 Å². The molecule has 0 radical (unpaired) electrons. The van der Waals surface area contributed by atoms with Gasteiger partial charge in [-0.15, -0.1) is 0 Å². The van der Waals surface area contributed by atoms with Gasteiger partial charge in [-0.2, -0.15) is 0 Å². The number of primary amides is 1. The Kier molecular flexibility index (Phi) is 3.77. The first-order valence-electron chi connectivity index (χ1n) is 5.72. The summed E-state index contributed by atoms with van der Waals surface area (Å²) in [5, 5.41) is 2.40. The van der Waals surface area contributed by atoms with Crippen LogP contribution in [0, 0.1) is 11.7 Å². The van der Waals surface area contributed by atoms with Crippen LogP contribution in [0.4, 0.5) is 10.1 Å². The van der Waals surface area contributed by atoms with E-state index >= 15 is 0 Å². The van der Waals surface area contributed by atoms with Crippen LogP contribution >= 0.6 is 0 Å². The zero-order chi connectivity index (χ0) is 14.0. The van der Waals surface area contributed by atoms with Crippen molar-refractivity contribution in [3.8, 4) is 0 Å². The molecular weight excluding hydrogens is 253 g/mol. The first-order chi connectivity index (χ1) is 8.99. The molecule has 1 aromatic rings. The number of hydrogen-bond donors (Lipinski definition) is 3. The molecule has 0 aliphatic carbocycles. The van der Waals surface area contributed by atoms with E-state index in [2.05, 4.69) is 5.32 Å². The highest BCUT2D eigenvalue weighted by Gasteiger charge is 2.31. The predicted molar refractivity (Wildman–Crippen MR) is 65.8 cm³/mol. The molecule has 5 N–H and O–H groups in total. The van der Waals surface area contributed by atoms with Crippen molar-refractivity contribution in [3.63, 3.8) is 0 Å². The molecule has 0 saturated carbocycles. The van der Waals surface area contributed by atoms with Crippen LogP contribution in [0.5, 0.6) is 0 Å². The van der Waals surface area contributed by atoms with Crippen molar-refractivity contribution >= 4 is 17.5 Å². The Bertz CT molecular complexity index is 521. The fourth-order valence-electron chi connectivity index (χ4n) is 1.84. The summed E-state index contributed by atoms with van der Waals surface area (Å²) in [5.74, 6) is -2.32. The smallest absolute Gasteiger partial charge is 0.248 e. The van der Waals surface area contributed by atoms with Crippen LogP contribution in [0.15, 0.2) is 18.2 Å². The minimum atomic E-state index is -0.698. The number of benzene rings is 1. The van der Waals surface area contributed by atoms with E-state index in [0.717, 1.165) is 6.07 Å². The lowest BCUT2D eigenvalue weighted by Crippen LogP contribution is -2.37. The van der Waals surface area contributed by atoms with Crippen molar-refractivity contribution in [1.82, 2.24) is 0 Å². The van der Waals surface area contributed by atoms with Gasteiger partial charge in [0.25, 0.3) is 0 Å². The number of amides is 2. The number of nitrogens with one attached hydrogen (secondary N) is 1.